The molecular formula is C10H17FN2O. The fraction of sp³-hybridized carbons (Fsp3) is 0.900. The maximum atomic E-state index is 12.9. The van der Waals surface area contributed by atoms with Crippen molar-refractivity contribution in [2.75, 3.05) is 26.2 Å². The van der Waals surface area contributed by atoms with Crippen molar-refractivity contribution in [2.24, 2.45) is 0 Å². The lowest BCUT2D eigenvalue weighted by Crippen LogP contribution is -2.61. The van der Waals surface area contributed by atoms with Crippen LogP contribution in [0.1, 0.15) is 19.8 Å². The average Bonchev–Trinajstić information content (AvgIpc) is 2.05. The number of halogens is 1. The van der Waals surface area contributed by atoms with E-state index >= 15 is 0 Å². The van der Waals surface area contributed by atoms with Crippen LogP contribution in [0.2, 0.25) is 0 Å². The Morgan fingerprint density at radius 3 is 2.36 bits per heavy atom. The van der Waals surface area contributed by atoms with Gasteiger partial charge in [0.25, 0.3) is 0 Å². The number of alkyl halides is 1. The van der Waals surface area contributed by atoms with Crippen molar-refractivity contribution in [3.05, 3.63) is 0 Å². The molecule has 0 unspecified atom stereocenters. The summed E-state index contributed by atoms with van der Waals surface area (Å²) in [5.41, 5.74) is 0. The van der Waals surface area contributed by atoms with Gasteiger partial charge in [-0.25, -0.2) is 4.39 Å². The Kier molecular flexibility index (Phi) is 2.72. The molecule has 2 aliphatic heterocycles. The van der Waals surface area contributed by atoms with Crippen LogP contribution < -0.4 is 0 Å². The van der Waals surface area contributed by atoms with Gasteiger partial charge in [-0.05, 0) is 12.8 Å². The van der Waals surface area contributed by atoms with E-state index in [1.165, 1.54) is 0 Å². The normalized spacial score (nSPS) is 26.3. The number of amides is 1. The largest absolute Gasteiger partial charge is 0.340 e. The van der Waals surface area contributed by atoms with E-state index in [0.29, 0.717) is 18.9 Å². The SMILES string of the molecule is CC(=O)N1CC(N2CCC(F)CC2)C1. The lowest BCUT2D eigenvalue weighted by Gasteiger charge is -2.46. The predicted octanol–water partition coefficient (Wildman–Crippen LogP) is 0.651. The third kappa shape index (κ3) is 1.90. The maximum absolute atomic E-state index is 12.9. The molecule has 0 aromatic rings. The number of carbonyl (C=O) groups excluding carboxylic acids is 1. The summed E-state index contributed by atoms with van der Waals surface area (Å²) >= 11 is 0. The van der Waals surface area contributed by atoms with E-state index in [1.807, 2.05) is 4.90 Å². The summed E-state index contributed by atoms with van der Waals surface area (Å²) in [6, 6.07) is 0.492. The molecule has 2 saturated heterocycles. The van der Waals surface area contributed by atoms with Crippen molar-refractivity contribution in [2.45, 2.75) is 32.0 Å². The molecule has 3 nitrogen and oxygen atoms in total. The van der Waals surface area contributed by atoms with Crippen molar-refractivity contribution in [3.8, 4) is 0 Å². The minimum Gasteiger partial charge on any atom is -0.340 e. The first-order valence-corrected chi connectivity index (χ1v) is 5.30. The minimum absolute atomic E-state index is 0.154. The van der Waals surface area contributed by atoms with Crippen LogP contribution in [0, 0.1) is 0 Å². The van der Waals surface area contributed by atoms with Gasteiger partial charge in [0.1, 0.15) is 6.17 Å². The van der Waals surface area contributed by atoms with Crippen LogP contribution in [-0.2, 0) is 4.79 Å². The van der Waals surface area contributed by atoms with E-state index < -0.39 is 6.17 Å². The van der Waals surface area contributed by atoms with Gasteiger partial charge in [-0.3, -0.25) is 9.69 Å². The van der Waals surface area contributed by atoms with Crippen LogP contribution in [0.4, 0.5) is 4.39 Å². The summed E-state index contributed by atoms with van der Waals surface area (Å²) in [4.78, 5) is 15.1. The van der Waals surface area contributed by atoms with Gasteiger partial charge in [0.2, 0.25) is 5.91 Å². The molecule has 1 amide bonds. The van der Waals surface area contributed by atoms with Gasteiger partial charge in [-0.15, -0.1) is 0 Å². The van der Waals surface area contributed by atoms with Gasteiger partial charge < -0.3 is 4.90 Å². The average molecular weight is 200 g/mol. The van der Waals surface area contributed by atoms with Crippen LogP contribution in [0.5, 0.6) is 0 Å². The first kappa shape index (κ1) is 9.90. The first-order valence-electron chi connectivity index (χ1n) is 5.30. The molecule has 2 rings (SSSR count). The number of nitrogens with zero attached hydrogens (tertiary/aromatic N) is 2. The van der Waals surface area contributed by atoms with Crippen LogP contribution in [-0.4, -0.2) is 54.1 Å². The number of hydrogen-bond donors (Lipinski definition) is 0. The summed E-state index contributed by atoms with van der Waals surface area (Å²) < 4.78 is 12.9. The zero-order valence-corrected chi connectivity index (χ0v) is 8.58. The van der Waals surface area contributed by atoms with Crippen LogP contribution in [0.3, 0.4) is 0 Å². The van der Waals surface area contributed by atoms with Crippen LogP contribution in [0.25, 0.3) is 0 Å². The third-order valence-corrected chi connectivity index (χ3v) is 3.28. The minimum atomic E-state index is -0.602. The molecule has 2 heterocycles. The molecule has 0 aromatic carbocycles. The van der Waals surface area contributed by atoms with Crippen molar-refractivity contribution >= 4 is 5.91 Å². The Labute approximate surface area is 83.9 Å². The van der Waals surface area contributed by atoms with Crippen molar-refractivity contribution < 1.29 is 9.18 Å². The smallest absolute Gasteiger partial charge is 0.219 e. The summed E-state index contributed by atoms with van der Waals surface area (Å²) in [5.74, 6) is 0.154. The Morgan fingerprint density at radius 2 is 1.86 bits per heavy atom. The predicted molar refractivity (Wildman–Crippen MR) is 51.7 cm³/mol. The molecular weight excluding hydrogens is 183 g/mol. The van der Waals surface area contributed by atoms with Crippen molar-refractivity contribution in [3.63, 3.8) is 0 Å². The molecule has 4 heteroatoms. The molecule has 14 heavy (non-hydrogen) atoms. The second-order valence-electron chi connectivity index (χ2n) is 4.29. The fourth-order valence-electron chi connectivity index (χ4n) is 2.18. The summed E-state index contributed by atoms with van der Waals surface area (Å²) in [5, 5.41) is 0. The quantitative estimate of drug-likeness (QED) is 0.620. The zero-order valence-electron chi connectivity index (χ0n) is 8.58. The molecule has 0 aliphatic carbocycles. The second-order valence-corrected chi connectivity index (χ2v) is 4.29. The Bertz CT molecular complexity index is 220. The number of carbonyl (C=O) groups is 1. The van der Waals surface area contributed by atoms with Gasteiger partial charge >= 0.3 is 0 Å². The number of rotatable bonds is 1. The summed E-state index contributed by atoms with van der Waals surface area (Å²) in [6.07, 6.45) is 0.725. The van der Waals surface area contributed by atoms with E-state index in [0.717, 1.165) is 26.2 Å². The van der Waals surface area contributed by atoms with Gasteiger partial charge in [-0.1, -0.05) is 0 Å². The Morgan fingerprint density at radius 1 is 1.29 bits per heavy atom. The lowest BCUT2D eigenvalue weighted by atomic mass is 10.0. The molecule has 0 aromatic heterocycles. The topological polar surface area (TPSA) is 23.6 Å². The highest BCUT2D eigenvalue weighted by Crippen LogP contribution is 2.21. The van der Waals surface area contributed by atoms with E-state index in [9.17, 15) is 9.18 Å². The van der Waals surface area contributed by atoms with Gasteiger partial charge in [0, 0.05) is 39.1 Å². The molecule has 0 radical (unpaired) electrons. The van der Waals surface area contributed by atoms with E-state index in [1.54, 1.807) is 6.92 Å². The molecule has 0 saturated carbocycles. The van der Waals surface area contributed by atoms with Crippen molar-refractivity contribution in [1.82, 2.24) is 9.80 Å². The number of piperidine rings is 1. The van der Waals surface area contributed by atoms with Gasteiger partial charge in [0.15, 0.2) is 0 Å². The monoisotopic (exact) mass is 200 g/mol. The Hall–Kier alpha value is -0.640. The van der Waals surface area contributed by atoms with Crippen LogP contribution >= 0.6 is 0 Å². The first-order chi connectivity index (χ1) is 6.66. The molecule has 80 valence electrons. The maximum Gasteiger partial charge on any atom is 0.219 e. The Balaban J connectivity index is 1.74. The summed E-state index contributed by atoms with van der Waals surface area (Å²) in [6.45, 7) is 5.00. The highest BCUT2D eigenvalue weighted by atomic mass is 19.1. The molecule has 0 spiro atoms. The van der Waals surface area contributed by atoms with E-state index in [-0.39, 0.29) is 5.91 Å². The third-order valence-electron chi connectivity index (χ3n) is 3.28. The summed E-state index contributed by atoms with van der Waals surface area (Å²) in [7, 11) is 0. The van der Waals surface area contributed by atoms with E-state index in [2.05, 4.69) is 4.90 Å². The highest BCUT2D eigenvalue weighted by Gasteiger charge is 2.34. The molecule has 0 atom stereocenters. The van der Waals surface area contributed by atoms with E-state index in [4.69, 9.17) is 0 Å². The van der Waals surface area contributed by atoms with Gasteiger partial charge in [0.05, 0.1) is 0 Å². The fourth-order valence-corrected chi connectivity index (χ4v) is 2.18. The lowest BCUT2D eigenvalue weighted by molar-refractivity contribution is -0.136. The molecule has 2 fully saturated rings. The standard InChI is InChI=1S/C10H17FN2O/c1-8(14)13-6-10(7-13)12-4-2-9(11)3-5-12/h9-10H,2-7H2,1H3. The van der Waals surface area contributed by atoms with Gasteiger partial charge in [-0.2, -0.15) is 0 Å². The molecule has 0 N–H and O–H groups in total. The van der Waals surface area contributed by atoms with Crippen LogP contribution in [0.15, 0.2) is 0 Å². The number of likely N-dealkylation sites (tertiary alicyclic amines) is 2. The van der Waals surface area contributed by atoms with Crippen molar-refractivity contribution in [1.29, 1.82) is 0 Å². The zero-order chi connectivity index (χ0) is 10.1. The number of hydrogen-bond acceptors (Lipinski definition) is 2. The second kappa shape index (κ2) is 3.85. The molecule has 2 aliphatic rings. The highest BCUT2D eigenvalue weighted by molar-refractivity contribution is 5.74. The molecule has 0 bridgehead atoms.